The predicted molar refractivity (Wildman–Crippen MR) is 275 cm³/mol. The van der Waals surface area contributed by atoms with Crippen LogP contribution in [0.5, 0.6) is 0 Å². The summed E-state index contributed by atoms with van der Waals surface area (Å²) < 4.78 is 11.1. The van der Waals surface area contributed by atoms with Crippen LogP contribution in [0.2, 0.25) is 0 Å². The highest BCUT2D eigenvalue weighted by Gasteiger charge is 2.35. The molecular weight excluding hydrogens is 1090 g/mol. The van der Waals surface area contributed by atoms with E-state index in [1.165, 1.54) is 30.5 Å². The molecule has 0 aliphatic carbocycles. The number of guanidine groups is 1. The van der Waals surface area contributed by atoms with Crippen LogP contribution in [0.25, 0.3) is 11.2 Å². The minimum atomic E-state index is -2.15. The second-order valence-corrected chi connectivity index (χ2v) is 18.9. The average molecular weight is 1150 g/mol. The molecule has 0 spiro atoms. The summed E-state index contributed by atoms with van der Waals surface area (Å²) in [4.78, 5) is 181. The van der Waals surface area contributed by atoms with Crippen LogP contribution in [0.4, 0.5) is 11.6 Å². The Bertz CT molecular complexity index is 2880. The fourth-order valence-electron chi connectivity index (χ4n) is 6.51. The first-order valence-corrected chi connectivity index (χ1v) is 25.4. The maximum atomic E-state index is 13.8. The highest BCUT2D eigenvalue weighted by Crippen LogP contribution is 2.22. The van der Waals surface area contributed by atoms with E-state index in [0.29, 0.717) is 11.4 Å². The van der Waals surface area contributed by atoms with Gasteiger partial charge in [-0.15, -0.1) is 0 Å². The molecule has 0 radical (unpaired) electrons. The summed E-state index contributed by atoms with van der Waals surface area (Å²) in [5.74, 6) is -16.5. The first kappa shape index (κ1) is 62.2. The van der Waals surface area contributed by atoms with Crippen LogP contribution in [0.3, 0.4) is 0 Å². The Kier molecular flexibility index (Phi) is 25.4. The molecule has 36 heteroatoms. The monoisotopic (exact) mass is 1150 g/mol. The Balaban J connectivity index is 1.71. The Morgan fingerprint density at radius 2 is 1.27 bits per heavy atom. The number of carboxylic acids is 5. The number of aromatic amines is 1. The van der Waals surface area contributed by atoms with Crippen molar-refractivity contribution < 1.29 is 89.2 Å². The molecule has 0 bridgehead atoms. The van der Waals surface area contributed by atoms with Gasteiger partial charge in [0.15, 0.2) is 18.5 Å². The summed E-state index contributed by atoms with van der Waals surface area (Å²) in [6.07, 6.45) is -5.37. The van der Waals surface area contributed by atoms with Crippen molar-refractivity contribution in [1.82, 2.24) is 51.8 Å². The lowest BCUT2D eigenvalue weighted by atomic mass is 10.1. The molecule has 0 saturated carbocycles. The number of aliphatic carboxylic acids is 5. The number of aromatic nitrogens is 4. The molecule has 3 aromatic rings. The van der Waals surface area contributed by atoms with Crippen LogP contribution >= 0.6 is 21.6 Å². The zero-order valence-corrected chi connectivity index (χ0v) is 42.8. The molecule has 0 saturated heterocycles. The average Bonchev–Trinajstić information content (AvgIpc) is 3.37. The minimum absolute atomic E-state index is 0.0125. The van der Waals surface area contributed by atoms with Gasteiger partial charge in [-0.25, -0.2) is 19.6 Å². The smallest absolute Gasteiger partial charge is 0.327 e. The number of carbonyl (C=O) groups excluding carboxylic acids is 7. The second-order valence-electron chi connectivity index (χ2n) is 16.3. The molecule has 2 heterocycles. The van der Waals surface area contributed by atoms with Crippen LogP contribution in [-0.4, -0.2) is 184 Å². The zero-order valence-electron chi connectivity index (χ0n) is 42.1. The van der Waals surface area contributed by atoms with Crippen molar-refractivity contribution in [3.05, 3.63) is 52.1 Å². The van der Waals surface area contributed by atoms with Crippen molar-refractivity contribution in [1.29, 1.82) is 0 Å². The molecule has 3 rings (SSSR count). The molecule has 6 unspecified atom stereocenters. The van der Waals surface area contributed by atoms with Gasteiger partial charge in [-0.05, 0) is 43.5 Å². The third-order valence-electron chi connectivity index (χ3n) is 10.3. The first-order valence-electron chi connectivity index (χ1n) is 23.4. The lowest BCUT2D eigenvalue weighted by molar-refractivity contribution is -0.144. The number of benzene rings is 1. The maximum absolute atomic E-state index is 13.8. The molecule has 0 aliphatic heterocycles. The van der Waals surface area contributed by atoms with E-state index in [9.17, 15) is 87.9 Å². The molecule has 0 fully saturated rings. The minimum Gasteiger partial charge on any atom is -0.481 e. The number of nitrogens with two attached hydrogens (primary N) is 3. The van der Waals surface area contributed by atoms with Gasteiger partial charge in [-0.1, -0.05) is 21.6 Å². The van der Waals surface area contributed by atoms with E-state index >= 15 is 0 Å². The third-order valence-corrected chi connectivity index (χ3v) is 12.6. The number of carboxylic acid groups (broad SMARTS) is 5. The molecular formula is C43H55N15O19S2. The number of fused-ring (bicyclic) bond motifs is 1. The second kappa shape index (κ2) is 32.3. The molecule has 34 nitrogen and oxygen atoms in total. The van der Waals surface area contributed by atoms with E-state index < -0.39 is 152 Å². The normalized spacial score (nSPS) is 13.2. The number of hydrogen-bond donors (Lipinski definition) is 16. The molecule has 2 aromatic heterocycles. The van der Waals surface area contributed by atoms with Crippen molar-refractivity contribution in [3.8, 4) is 0 Å². The van der Waals surface area contributed by atoms with Gasteiger partial charge in [0, 0.05) is 35.7 Å². The van der Waals surface area contributed by atoms with E-state index in [1.807, 2.05) is 10.6 Å². The Morgan fingerprint density at radius 1 is 0.722 bits per heavy atom. The van der Waals surface area contributed by atoms with E-state index in [4.69, 9.17) is 18.6 Å². The van der Waals surface area contributed by atoms with Crippen molar-refractivity contribution >= 4 is 122 Å². The van der Waals surface area contributed by atoms with Crippen LogP contribution in [0.1, 0.15) is 62.4 Å². The number of hydrogen-bond acceptors (Lipinski definition) is 22. The van der Waals surface area contributed by atoms with Gasteiger partial charge in [0.05, 0.1) is 37.7 Å². The largest absolute Gasteiger partial charge is 0.481 e. The summed E-state index contributed by atoms with van der Waals surface area (Å²) in [6, 6.07) is -5.79. The molecule has 428 valence electrons. The number of nitrogens with one attached hydrogen (secondary N) is 8. The molecule has 19 N–H and O–H groups in total. The lowest BCUT2D eigenvalue weighted by Gasteiger charge is -2.26. The van der Waals surface area contributed by atoms with Crippen molar-refractivity contribution in [2.45, 2.75) is 87.7 Å². The molecule has 6 amide bonds. The number of ether oxygens (including phenoxy) is 1. The molecule has 6 atom stereocenters. The van der Waals surface area contributed by atoms with Crippen molar-refractivity contribution in [2.75, 3.05) is 35.7 Å². The van der Waals surface area contributed by atoms with Gasteiger partial charge >= 0.3 is 29.8 Å². The maximum Gasteiger partial charge on any atom is 0.327 e. The standard InChI is InChI=1S/C43H55N15O19S2/c44-42(45)47-9-1-2-22(35(68)54-25(13-30(63)64)37(70)55-26(14-31(65)66)38(71)56-27(41(75)76)17-79-78-11-10-77-18-59)52-36(69)24(12-29(61)62)51-28(60)8-7-23(40(73)74)53-34(67)19-3-5-20(6-4-19)48-15-21-16-49-33-32(50-21)39(72)58-43(46)57-33/h3-6,16,18,22-27,48H,1-2,7-15,17H2,(H,51,60)(H,52,69)(H,53,67)(H,54,68)(H,55,70)(H,56,71)(H,61,62)(H,63,64)(H,65,66)(H,73,74)(H,75,76)(H4,44,45,47)(H3,46,49,57,58,72)/i18D. The fourth-order valence-corrected chi connectivity index (χ4v) is 8.49. The van der Waals surface area contributed by atoms with Crippen molar-refractivity contribution in [3.63, 3.8) is 0 Å². The number of rotatable bonds is 35. The van der Waals surface area contributed by atoms with Crippen molar-refractivity contribution in [2.24, 2.45) is 16.5 Å². The summed E-state index contributed by atoms with van der Waals surface area (Å²) in [7, 11) is 1.87. The SMILES string of the molecule is [2H]C(=O)OCCSSCC(NC(=O)C(CC(=O)O)NC(=O)C(CC(=O)O)NC(=O)C(CCCN=C(N)N)NC(=O)C(CC(=O)O)NC(=O)CCC(NC(=O)c1ccc(NCc2cnc3nc(N)[nH]c(=O)c3n2)cc1)C(=O)O)C(=O)O. The number of nitrogen functional groups attached to an aromatic ring is 1. The number of H-pyrrole nitrogens is 1. The first-order chi connectivity index (χ1) is 37.7. The summed E-state index contributed by atoms with van der Waals surface area (Å²) in [5.41, 5.74) is 16.4. The quantitative estimate of drug-likeness (QED) is 0.00866. The summed E-state index contributed by atoms with van der Waals surface area (Å²) in [5, 5.41) is 64.0. The lowest BCUT2D eigenvalue weighted by Crippen LogP contribution is -2.59. The number of aliphatic imine (C=N–C) groups is 1. The number of nitrogens with zero attached hydrogens (tertiary/aromatic N) is 4. The topological polar surface area (TPSA) is 561 Å². The van der Waals surface area contributed by atoms with E-state index in [2.05, 4.69) is 56.2 Å². The summed E-state index contributed by atoms with van der Waals surface area (Å²) >= 11 is 0. The van der Waals surface area contributed by atoms with Gasteiger partial charge in [0.1, 0.15) is 42.9 Å². The third kappa shape index (κ3) is 23.2. The van der Waals surface area contributed by atoms with Gasteiger partial charge in [0.25, 0.3) is 17.9 Å². The highest BCUT2D eigenvalue weighted by atomic mass is 33.1. The van der Waals surface area contributed by atoms with Crippen LogP contribution in [0, 0.1) is 0 Å². The molecule has 79 heavy (non-hydrogen) atoms. The van der Waals surface area contributed by atoms with Gasteiger partial charge in [0.2, 0.25) is 35.5 Å². The van der Waals surface area contributed by atoms with E-state index in [0.717, 1.165) is 21.6 Å². The van der Waals surface area contributed by atoms with Gasteiger partial charge in [-0.3, -0.25) is 62.7 Å². The molecule has 1 aromatic carbocycles. The molecule has 0 aliphatic rings. The van der Waals surface area contributed by atoms with E-state index in [-0.39, 0.29) is 66.3 Å². The highest BCUT2D eigenvalue weighted by molar-refractivity contribution is 8.76. The fraction of sp³-hybridized carbons (Fsp3) is 0.419. The Labute approximate surface area is 453 Å². The Hall–Kier alpha value is -9.35. The number of amides is 6. The van der Waals surface area contributed by atoms with Gasteiger partial charge < -0.3 is 84.7 Å². The Morgan fingerprint density at radius 3 is 1.81 bits per heavy atom. The number of anilines is 2. The number of carbonyl (C=O) groups is 12. The van der Waals surface area contributed by atoms with Gasteiger partial charge in [-0.2, -0.15) is 4.98 Å². The van der Waals surface area contributed by atoms with E-state index in [1.54, 1.807) is 0 Å². The van der Waals surface area contributed by atoms with Crippen LogP contribution < -0.4 is 60.0 Å². The predicted octanol–water partition coefficient (Wildman–Crippen LogP) is -4.59. The van der Waals surface area contributed by atoms with Crippen LogP contribution in [0.15, 0.2) is 40.2 Å². The summed E-state index contributed by atoms with van der Waals surface area (Å²) in [6.45, 7) is -0.307. The zero-order chi connectivity index (χ0) is 59.6. The van der Waals surface area contributed by atoms with Crippen LogP contribution in [-0.2, 0) is 64.0 Å².